The summed E-state index contributed by atoms with van der Waals surface area (Å²) in [5.41, 5.74) is 2.50. The zero-order valence-electron chi connectivity index (χ0n) is 14.6. The SMILES string of the molecule is CN=C(NCCC(=O)NC1CCCC1)NCc1ccccc1C.I. The van der Waals surface area contributed by atoms with Crippen molar-refractivity contribution in [2.24, 2.45) is 4.99 Å². The average molecular weight is 444 g/mol. The summed E-state index contributed by atoms with van der Waals surface area (Å²) in [6.45, 7) is 3.41. The molecule has 24 heavy (non-hydrogen) atoms. The summed E-state index contributed by atoms with van der Waals surface area (Å²) in [6, 6.07) is 8.66. The molecule has 0 aromatic heterocycles. The fourth-order valence-electron chi connectivity index (χ4n) is 2.87. The normalized spacial score (nSPS) is 14.8. The van der Waals surface area contributed by atoms with Gasteiger partial charge in [0, 0.05) is 32.6 Å². The van der Waals surface area contributed by atoms with E-state index < -0.39 is 0 Å². The number of carbonyl (C=O) groups is 1. The quantitative estimate of drug-likeness (QED) is 0.359. The van der Waals surface area contributed by atoms with Crippen molar-refractivity contribution in [2.75, 3.05) is 13.6 Å². The molecule has 1 aliphatic carbocycles. The monoisotopic (exact) mass is 444 g/mol. The van der Waals surface area contributed by atoms with E-state index in [4.69, 9.17) is 0 Å². The van der Waals surface area contributed by atoms with Crippen LogP contribution in [0.4, 0.5) is 0 Å². The largest absolute Gasteiger partial charge is 0.356 e. The summed E-state index contributed by atoms with van der Waals surface area (Å²) in [5, 5.41) is 9.57. The fourth-order valence-corrected chi connectivity index (χ4v) is 2.87. The molecule has 1 aromatic rings. The molecule has 6 heteroatoms. The Morgan fingerprint density at radius 2 is 1.92 bits per heavy atom. The first kappa shape index (κ1) is 20.7. The Morgan fingerprint density at radius 1 is 1.21 bits per heavy atom. The van der Waals surface area contributed by atoms with Gasteiger partial charge in [-0.3, -0.25) is 9.79 Å². The summed E-state index contributed by atoms with van der Waals surface area (Å²) < 4.78 is 0. The number of benzene rings is 1. The van der Waals surface area contributed by atoms with Crippen molar-refractivity contribution in [1.82, 2.24) is 16.0 Å². The molecule has 1 fully saturated rings. The molecule has 134 valence electrons. The molecule has 0 spiro atoms. The Hall–Kier alpha value is -1.31. The highest BCUT2D eigenvalue weighted by Gasteiger charge is 2.16. The van der Waals surface area contributed by atoms with E-state index in [9.17, 15) is 4.79 Å². The van der Waals surface area contributed by atoms with E-state index in [1.807, 2.05) is 12.1 Å². The second-order valence-electron chi connectivity index (χ2n) is 6.08. The molecule has 0 heterocycles. The van der Waals surface area contributed by atoms with Gasteiger partial charge in [-0.25, -0.2) is 0 Å². The van der Waals surface area contributed by atoms with Crippen LogP contribution in [0.5, 0.6) is 0 Å². The highest BCUT2D eigenvalue weighted by Crippen LogP contribution is 2.17. The Morgan fingerprint density at radius 3 is 2.58 bits per heavy atom. The van der Waals surface area contributed by atoms with Crippen LogP contribution in [0.2, 0.25) is 0 Å². The first-order valence-corrected chi connectivity index (χ1v) is 8.47. The Labute approximate surface area is 162 Å². The summed E-state index contributed by atoms with van der Waals surface area (Å²) in [5.74, 6) is 0.848. The molecule has 1 aromatic carbocycles. The highest BCUT2D eigenvalue weighted by molar-refractivity contribution is 14.0. The van der Waals surface area contributed by atoms with Gasteiger partial charge in [-0.15, -0.1) is 24.0 Å². The van der Waals surface area contributed by atoms with E-state index >= 15 is 0 Å². The fraction of sp³-hybridized carbons (Fsp3) is 0.556. The van der Waals surface area contributed by atoms with Gasteiger partial charge in [-0.05, 0) is 30.9 Å². The molecule has 0 aliphatic heterocycles. The summed E-state index contributed by atoms with van der Waals surface area (Å²) in [7, 11) is 1.74. The van der Waals surface area contributed by atoms with E-state index in [1.165, 1.54) is 24.0 Å². The van der Waals surface area contributed by atoms with E-state index in [0.717, 1.165) is 25.3 Å². The first-order valence-electron chi connectivity index (χ1n) is 8.47. The molecule has 0 radical (unpaired) electrons. The number of carbonyl (C=O) groups excluding carboxylic acids is 1. The molecule has 1 amide bonds. The van der Waals surface area contributed by atoms with Crippen molar-refractivity contribution < 1.29 is 4.79 Å². The standard InChI is InChI=1S/C18H28N4O.HI/c1-14-7-3-4-8-15(14)13-21-18(19-2)20-12-11-17(23)22-16-9-5-6-10-16;/h3-4,7-8,16H,5-6,9-13H2,1-2H3,(H,22,23)(H2,19,20,21);1H. The number of amides is 1. The third-order valence-electron chi connectivity index (χ3n) is 4.30. The number of hydrogen-bond donors (Lipinski definition) is 3. The maximum Gasteiger partial charge on any atom is 0.221 e. The minimum atomic E-state index is 0. The average Bonchev–Trinajstić information content (AvgIpc) is 3.05. The van der Waals surface area contributed by atoms with Gasteiger partial charge >= 0.3 is 0 Å². The van der Waals surface area contributed by atoms with Crippen LogP contribution >= 0.6 is 24.0 Å². The van der Waals surface area contributed by atoms with Crippen molar-refractivity contribution >= 4 is 35.8 Å². The molecule has 0 atom stereocenters. The van der Waals surface area contributed by atoms with Crippen LogP contribution in [-0.4, -0.2) is 31.5 Å². The molecular formula is C18H29IN4O. The number of aliphatic imine (C=N–C) groups is 1. The van der Waals surface area contributed by atoms with Crippen LogP contribution < -0.4 is 16.0 Å². The highest BCUT2D eigenvalue weighted by atomic mass is 127. The van der Waals surface area contributed by atoms with Crippen molar-refractivity contribution in [3.05, 3.63) is 35.4 Å². The molecule has 0 unspecified atom stereocenters. The number of nitrogens with zero attached hydrogens (tertiary/aromatic N) is 1. The predicted octanol–water partition coefficient (Wildman–Crippen LogP) is 2.73. The summed E-state index contributed by atoms with van der Waals surface area (Å²) >= 11 is 0. The van der Waals surface area contributed by atoms with Gasteiger partial charge in [0.05, 0.1) is 0 Å². The lowest BCUT2D eigenvalue weighted by molar-refractivity contribution is -0.121. The topological polar surface area (TPSA) is 65.5 Å². The second kappa shape index (κ2) is 11.3. The lowest BCUT2D eigenvalue weighted by atomic mass is 10.1. The van der Waals surface area contributed by atoms with Crippen molar-refractivity contribution in [3.63, 3.8) is 0 Å². The number of nitrogens with one attached hydrogen (secondary N) is 3. The molecule has 0 saturated heterocycles. The Bertz CT molecular complexity index is 542. The van der Waals surface area contributed by atoms with Gasteiger partial charge in [0.25, 0.3) is 0 Å². The zero-order chi connectivity index (χ0) is 16.5. The minimum Gasteiger partial charge on any atom is -0.356 e. The van der Waals surface area contributed by atoms with Crippen LogP contribution in [-0.2, 0) is 11.3 Å². The van der Waals surface area contributed by atoms with E-state index in [2.05, 4.69) is 40.0 Å². The Balaban J connectivity index is 0.00000288. The number of guanidine groups is 1. The van der Waals surface area contributed by atoms with Crippen LogP contribution in [0.3, 0.4) is 0 Å². The van der Waals surface area contributed by atoms with Crippen LogP contribution in [0.15, 0.2) is 29.3 Å². The van der Waals surface area contributed by atoms with E-state index in [1.54, 1.807) is 7.05 Å². The van der Waals surface area contributed by atoms with Crippen molar-refractivity contribution in [1.29, 1.82) is 0 Å². The maximum atomic E-state index is 11.9. The van der Waals surface area contributed by atoms with E-state index in [-0.39, 0.29) is 29.9 Å². The minimum absolute atomic E-state index is 0. The molecule has 0 bridgehead atoms. The number of halogens is 1. The molecule has 1 saturated carbocycles. The van der Waals surface area contributed by atoms with Gasteiger partial charge in [-0.1, -0.05) is 37.1 Å². The Kier molecular flexibility index (Phi) is 9.75. The van der Waals surface area contributed by atoms with E-state index in [0.29, 0.717) is 19.0 Å². The van der Waals surface area contributed by atoms with Gasteiger partial charge < -0.3 is 16.0 Å². The lowest BCUT2D eigenvalue weighted by Crippen LogP contribution is -2.40. The third kappa shape index (κ3) is 7.07. The maximum absolute atomic E-state index is 11.9. The smallest absolute Gasteiger partial charge is 0.221 e. The van der Waals surface area contributed by atoms with Crippen LogP contribution in [0.1, 0.15) is 43.2 Å². The number of rotatable bonds is 6. The second-order valence-corrected chi connectivity index (χ2v) is 6.08. The van der Waals surface area contributed by atoms with Crippen molar-refractivity contribution in [3.8, 4) is 0 Å². The van der Waals surface area contributed by atoms with Crippen LogP contribution in [0, 0.1) is 6.92 Å². The van der Waals surface area contributed by atoms with Gasteiger partial charge in [0.1, 0.15) is 0 Å². The van der Waals surface area contributed by atoms with Gasteiger partial charge in [-0.2, -0.15) is 0 Å². The molecule has 3 N–H and O–H groups in total. The predicted molar refractivity (Wildman–Crippen MR) is 110 cm³/mol. The molecule has 2 rings (SSSR count). The first-order chi connectivity index (χ1) is 11.2. The molecular weight excluding hydrogens is 415 g/mol. The number of aryl methyl sites for hydroxylation is 1. The molecule has 5 nitrogen and oxygen atoms in total. The van der Waals surface area contributed by atoms with Crippen LogP contribution in [0.25, 0.3) is 0 Å². The number of hydrogen-bond acceptors (Lipinski definition) is 2. The molecule has 1 aliphatic rings. The zero-order valence-corrected chi connectivity index (χ0v) is 16.9. The van der Waals surface area contributed by atoms with Crippen molar-refractivity contribution in [2.45, 2.75) is 51.6 Å². The summed E-state index contributed by atoms with van der Waals surface area (Å²) in [4.78, 5) is 16.1. The van der Waals surface area contributed by atoms with Gasteiger partial charge in [0.15, 0.2) is 5.96 Å². The summed E-state index contributed by atoms with van der Waals surface area (Å²) in [6.07, 6.45) is 5.19. The van der Waals surface area contributed by atoms with Gasteiger partial charge in [0.2, 0.25) is 5.91 Å². The third-order valence-corrected chi connectivity index (χ3v) is 4.30. The lowest BCUT2D eigenvalue weighted by Gasteiger charge is -2.14.